The SMILES string of the molecule is Cc1ccc(NC(=O)CN2CCN(Cc3nc(CC(C)C)no3)CC2)cc1. The molecule has 0 atom stereocenters. The maximum atomic E-state index is 12.2. The van der Waals surface area contributed by atoms with Crippen LogP contribution in [-0.2, 0) is 17.8 Å². The van der Waals surface area contributed by atoms with Crippen LogP contribution in [0.15, 0.2) is 28.8 Å². The highest BCUT2D eigenvalue weighted by molar-refractivity contribution is 5.92. The number of piperazine rings is 1. The number of amides is 1. The van der Waals surface area contributed by atoms with Crippen LogP contribution >= 0.6 is 0 Å². The van der Waals surface area contributed by atoms with Gasteiger partial charge in [0.2, 0.25) is 11.8 Å². The molecule has 1 aliphatic heterocycles. The van der Waals surface area contributed by atoms with Gasteiger partial charge in [-0.2, -0.15) is 4.98 Å². The summed E-state index contributed by atoms with van der Waals surface area (Å²) in [5, 5.41) is 7.00. The molecule has 1 amide bonds. The Morgan fingerprint density at radius 1 is 1.15 bits per heavy atom. The number of rotatable bonds is 7. The minimum Gasteiger partial charge on any atom is -0.338 e. The van der Waals surface area contributed by atoms with Crippen molar-refractivity contribution in [3.8, 4) is 0 Å². The molecular formula is C20H29N5O2. The van der Waals surface area contributed by atoms with Crippen LogP contribution < -0.4 is 5.32 Å². The average molecular weight is 371 g/mol. The van der Waals surface area contributed by atoms with Crippen molar-refractivity contribution in [1.82, 2.24) is 19.9 Å². The van der Waals surface area contributed by atoms with Crippen molar-refractivity contribution in [2.24, 2.45) is 5.92 Å². The molecule has 0 saturated carbocycles. The lowest BCUT2D eigenvalue weighted by Gasteiger charge is -2.33. The van der Waals surface area contributed by atoms with E-state index in [1.807, 2.05) is 31.2 Å². The Labute approximate surface area is 160 Å². The molecule has 2 aromatic rings. The predicted molar refractivity (Wildman–Crippen MR) is 104 cm³/mol. The minimum absolute atomic E-state index is 0.0301. The normalized spacial score (nSPS) is 16.0. The van der Waals surface area contributed by atoms with Crippen LogP contribution in [0.2, 0.25) is 0 Å². The summed E-state index contributed by atoms with van der Waals surface area (Å²) >= 11 is 0. The molecule has 1 saturated heterocycles. The van der Waals surface area contributed by atoms with E-state index in [0.29, 0.717) is 24.9 Å². The minimum atomic E-state index is 0.0301. The number of carbonyl (C=O) groups excluding carboxylic acids is 1. The standard InChI is InChI=1S/C20H29N5O2/c1-15(2)12-18-22-20(27-23-18)14-25-10-8-24(9-11-25)13-19(26)21-17-6-4-16(3)5-7-17/h4-7,15H,8-14H2,1-3H3,(H,21,26). The van der Waals surface area contributed by atoms with E-state index in [1.54, 1.807) is 0 Å². The van der Waals surface area contributed by atoms with E-state index < -0.39 is 0 Å². The zero-order valence-corrected chi connectivity index (χ0v) is 16.4. The molecule has 3 rings (SSSR count). The number of benzene rings is 1. The first-order valence-corrected chi connectivity index (χ1v) is 9.60. The number of hydrogen-bond donors (Lipinski definition) is 1. The molecule has 1 aromatic carbocycles. The molecule has 1 aliphatic rings. The lowest BCUT2D eigenvalue weighted by Crippen LogP contribution is -2.48. The van der Waals surface area contributed by atoms with Crippen LogP contribution in [0.4, 0.5) is 5.69 Å². The molecule has 1 fully saturated rings. The highest BCUT2D eigenvalue weighted by Gasteiger charge is 2.21. The van der Waals surface area contributed by atoms with Gasteiger partial charge in [0, 0.05) is 38.3 Å². The van der Waals surface area contributed by atoms with Crippen molar-refractivity contribution in [1.29, 1.82) is 0 Å². The molecule has 146 valence electrons. The van der Waals surface area contributed by atoms with Gasteiger partial charge in [-0.05, 0) is 25.0 Å². The van der Waals surface area contributed by atoms with Gasteiger partial charge in [0.15, 0.2) is 5.82 Å². The second-order valence-electron chi connectivity index (χ2n) is 7.67. The molecule has 1 N–H and O–H groups in total. The lowest BCUT2D eigenvalue weighted by atomic mass is 10.1. The van der Waals surface area contributed by atoms with Crippen LogP contribution in [0.3, 0.4) is 0 Å². The smallest absolute Gasteiger partial charge is 0.240 e. The molecule has 2 heterocycles. The maximum absolute atomic E-state index is 12.2. The van der Waals surface area contributed by atoms with Crippen LogP contribution in [0.25, 0.3) is 0 Å². The number of hydrogen-bond acceptors (Lipinski definition) is 6. The fourth-order valence-electron chi connectivity index (χ4n) is 3.14. The molecular weight excluding hydrogens is 342 g/mol. The number of carbonyl (C=O) groups is 1. The number of nitrogens with zero attached hydrogens (tertiary/aromatic N) is 4. The quantitative estimate of drug-likeness (QED) is 0.805. The van der Waals surface area contributed by atoms with E-state index in [0.717, 1.165) is 44.1 Å². The van der Waals surface area contributed by atoms with Crippen molar-refractivity contribution in [2.75, 3.05) is 38.0 Å². The maximum Gasteiger partial charge on any atom is 0.240 e. The van der Waals surface area contributed by atoms with Crippen molar-refractivity contribution in [2.45, 2.75) is 33.7 Å². The first-order valence-electron chi connectivity index (χ1n) is 9.60. The van der Waals surface area contributed by atoms with Crippen LogP contribution in [0.1, 0.15) is 31.1 Å². The van der Waals surface area contributed by atoms with E-state index in [-0.39, 0.29) is 5.91 Å². The van der Waals surface area contributed by atoms with Gasteiger partial charge in [-0.3, -0.25) is 14.6 Å². The first kappa shape index (κ1) is 19.5. The van der Waals surface area contributed by atoms with Gasteiger partial charge in [-0.1, -0.05) is 36.7 Å². The summed E-state index contributed by atoms with van der Waals surface area (Å²) in [6, 6.07) is 7.86. The van der Waals surface area contributed by atoms with E-state index in [9.17, 15) is 4.79 Å². The van der Waals surface area contributed by atoms with Gasteiger partial charge in [-0.25, -0.2) is 0 Å². The summed E-state index contributed by atoms with van der Waals surface area (Å²) in [5.74, 6) is 2.01. The Morgan fingerprint density at radius 3 is 2.48 bits per heavy atom. The number of aryl methyl sites for hydroxylation is 1. The third-order valence-electron chi connectivity index (χ3n) is 4.63. The van der Waals surface area contributed by atoms with Crippen LogP contribution in [-0.4, -0.2) is 58.6 Å². The molecule has 0 spiro atoms. The molecule has 7 nitrogen and oxygen atoms in total. The summed E-state index contributed by atoms with van der Waals surface area (Å²) in [6.45, 7) is 10.9. The van der Waals surface area contributed by atoms with Gasteiger partial charge in [-0.15, -0.1) is 0 Å². The van der Waals surface area contributed by atoms with E-state index >= 15 is 0 Å². The second kappa shape index (κ2) is 9.10. The molecule has 0 bridgehead atoms. The van der Waals surface area contributed by atoms with Gasteiger partial charge in [0.05, 0.1) is 13.1 Å². The Hall–Kier alpha value is -2.25. The lowest BCUT2D eigenvalue weighted by molar-refractivity contribution is -0.117. The second-order valence-corrected chi connectivity index (χ2v) is 7.67. The zero-order chi connectivity index (χ0) is 19.2. The molecule has 7 heteroatoms. The van der Waals surface area contributed by atoms with E-state index in [4.69, 9.17) is 4.52 Å². The van der Waals surface area contributed by atoms with Crippen molar-refractivity contribution in [3.63, 3.8) is 0 Å². The number of nitrogens with one attached hydrogen (secondary N) is 1. The number of anilines is 1. The molecule has 27 heavy (non-hydrogen) atoms. The van der Waals surface area contributed by atoms with Crippen LogP contribution in [0, 0.1) is 12.8 Å². The van der Waals surface area contributed by atoms with E-state index in [2.05, 4.69) is 39.1 Å². The molecule has 0 radical (unpaired) electrons. The van der Waals surface area contributed by atoms with Crippen molar-refractivity contribution in [3.05, 3.63) is 41.5 Å². The first-order chi connectivity index (χ1) is 13.0. The molecule has 0 unspecified atom stereocenters. The largest absolute Gasteiger partial charge is 0.338 e. The Kier molecular flexibility index (Phi) is 6.58. The Morgan fingerprint density at radius 2 is 1.81 bits per heavy atom. The summed E-state index contributed by atoms with van der Waals surface area (Å²) in [6.07, 6.45) is 0.841. The number of aromatic nitrogens is 2. The van der Waals surface area contributed by atoms with Crippen molar-refractivity contribution >= 4 is 11.6 Å². The zero-order valence-electron chi connectivity index (χ0n) is 16.4. The van der Waals surface area contributed by atoms with Crippen LogP contribution in [0.5, 0.6) is 0 Å². The summed E-state index contributed by atoms with van der Waals surface area (Å²) in [7, 11) is 0. The van der Waals surface area contributed by atoms with Crippen molar-refractivity contribution < 1.29 is 9.32 Å². The highest BCUT2D eigenvalue weighted by atomic mass is 16.5. The summed E-state index contributed by atoms with van der Waals surface area (Å²) in [5.41, 5.74) is 2.03. The van der Waals surface area contributed by atoms with E-state index in [1.165, 1.54) is 5.56 Å². The van der Waals surface area contributed by atoms with Gasteiger partial charge in [0.1, 0.15) is 0 Å². The van der Waals surface area contributed by atoms with Gasteiger partial charge >= 0.3 is 0 Å². The van der Waals surface area contributed by atoms with Gasteiger partial charge in [0.25, 0.3) is 0 Å². The highest BCUT2D eigenvalue weighted by Crippen LogP contribution is 2.11. The Bertz CT molecular complexity index is 733. The monoisotopic (exact) mass is 371 g/mol. The fraction of sp³-hybridized carbons (Fsp3) is 0.550. The average Bonchev–Trinajstić information content (AvgIpc) is 3.05. The topological polar surface area (TPSA) is 74.5 Å². The Balaban J connectivity index is 1.40. The third-order valence-corrected chi connectivity index (χ3v) is 4.63. The predicted octanol–water partition coefficient (Wildman–Crippen LogP) is 2.33. The molecule has 1 aromatic heterocycles. The fourth-order valence-corrected chi connectivity index (χ4v) is 3.14. The summed E-state index contributed by atoms with van der Waals surface area (Å²) in [4.78, 5) is 21.2. The molecule has 0 aliphatic carbocycles. The summed E-state index contributed by atoms with van der Waals surface area (Å²) < 4.78 is 5.35. The third kappa shape index (κ3) is 6.15. The van der Waals surface area contributed by atoms with Gasteiger partial charge < -0.3 is 9.84 Å².